The SMILES string of the molecule is CCCCCCCCNc1nc(=O)n(Cc2ccc(Cn3cc(C)c(NCCCCCCCC)nc3=O)cc2)cc1C. The van der Waals surface area contributed by atoms with Crippen LogP contribution in [0.5, 0.6) is 0 Å². The maximum absolute atomic E-state index is 12.7. The molecule has 0 aliphatic carbocycles. The van der Waals surface area contributed by atoms with Crippen LogP contribution < -0.4 is 22.0 Å². The van der Waals surface area contributed by atoms with E-state index < -0.39 is 0 Å². The molecule has 2 aromatic heterocycles. The second kappa shape index (κ2) is 18.2. The molecule has 2 heterocycles. The van der Waals surface area contributed by atoms with Crippen LogP contribution in [0.4, 0.5) is 11.6 Å². The second-order valence-corrected chi connectivity index (χ2v) is 11.6. The molecule has 0 fully saturated rings. The van der Waals surface area contributed by atoms with E-state index in [0.717, 1.165) is 48.2 Å². The second-order valence-electron chi connectivity index (χ2n) is 11.6. The molecule has 0 saturated heterocycles. The summed E-state index contributed by atoms with van der Waals surface area (Å²) in [6, 6.07) is 8.01. The molecule has 0 unspecified atom stereocenters. The Morgan fingerprint density at radius 2 is 0.929 bits per heavy atom. The topological polar surface area (TPSA) is 93.8 Å². The van der Waals surface area contributed by atoms with Crippen LogP contribution in [-0.4, -0.2) is 32.2 Å². The number of nitrogens with zero attached hydrogens (tertiary/aromatic N) is 4. The number of anilines is 2. The van der Waals surface area contributed by atoms with Crippen molar-refractivity contribution in [2.45, 2.75) is 118 Å². The van der Waals surface area contributed by atoms with Crippen LogP contribution in [0.2, 0.25) is 0 Å². The summed E-state index contributed by atoms with van der Waals surface area (Å²) in [5.41, 5.74) is 3.42. The molecule has 0 saturated carbocycles. The number of hydrogen-bond donors (Lipinski definition) is 2. The Balaban J connectivity index is 1.50. The predicted molar refractivity (Wildman–Crippen MR) is 175 cm³/mol. The number of aryl methyl sites for hydroxylation is 2. The van der Waals surface area contributed by atoms with Crippen molar-refractivity contribution >= 4 is 11.6 Å². The maximum Gasteiger partial charge on any atom is 0.349 e. The highest BCUT2D eigenvalue weighted by molar-refractivity contribution is 5.42. The fraction of sp³-hybridized carbons (Fsp3) is 0.588. The van der Waals surface area contributed by atoms with Gasteiger partial charge in [-0.15, -0.1) is 0 Å². The molecule has 230 valence electrons. The zero-order valence-corrected chi connectivity index (χ0v) is 26.4. The van der Waals surface area contributed by atoms with Gasteiger partial charge in [0.05, 0.1) is 13.1 Å². The average molecular weight is 577 g/mol. The van der Waals surface area contributed by atoms with Gasteiger partial charge in [0.1, 0.15) is 11.6 Å². The van der Waals surface area contributed by atoms with Gasteiger partial charge in [0.2, 0.25) is 0 Å². The number of benzene rings is 1. The Kier molecular flexibility index (Phi) is 14.3. The Labute approximate surface area is 252 Å². The van der Waals surface area contributed by atoms with Gasteiger partial charge in [-0.1, -0.05) is 102 Å². The lowest BCUT2D eigenvalue weighted by molar-refractivity contribution is 0.616. The minimum Gasteiger partial charge on any atom is -0.370 e. The largest absolute Gasteiger partial charge is 0.370 e. The molecular weight excluding hydrogens is 524 g/mol. The molecule has 0 amide bonds. The molecule has 0 bridgehead atoms. The van der Waals surface area contributed by atoms with E-state index in [1.165, 1.54) is 64.2 Å². The van der Waals surface area contributed by atoms with Gasteiger partial charge in [-0.05, 0) is 37.8 Å². The van der Waals surface area contributed by atoms with E-state index in [-0.39, 0.29) is 11.4 Å². The van der Waals surface area contributed by atoms with Crippen LogP contribution >= 0.6 is 0 Å². The third-order valence-electron chi connectivity index (χ3n) is 7.73. The molecule has 3 rings (SSSR count). The van der Waals surface area contributed by atoms with Crippen LogP contribution in [0.15, 0.2) is 46.2 Å². The van der Waals surface area contributed by atoms with Crippen molar-refractivity contribution in [3.8, 4) is 0 Å². The van der Waals surface area contributed by atoms with Crippen molar-refractivity contribution in [3.05, 3.63) is 79.9 Å². The van der Waals surface area contributed by atoms with E-state index in [4.69, 9.17) is 0 Å². The first-order valence-corrected chi connectivity index (χ1v) is 16.1. The summed E-state index contributed by atoms with van der Waals surface area (Å²) in [5, 5.41) is 6.68. The normalized spacial score (nSPS) is 11.1. The van der Waals surface area contributed by atoms with E-state index in [1.807, 2.05) is 50.5 Å². The predicted octanol–water partition coefficient (Wildman–Crippen LogP) is 7.06. The summed E-state index contributed by atoms with van der Waals surface area (Å²) in [6.45, 7) is 11.0. The van der Waals surface area contributed by atoms with Crippen molar-refractivity contribution in [1.29, 1.82) is 0 Å². The first-order chi connectivity index (χ1) is 20.4. The molecule has 2 N–H and O–H groups in total. The lowest BCUT2D eigenvalue weighted by Gasteiger charge is -2.13. The van der Waals surface area contributed by atoms with Gasteiger partial charge >= 0.3 is 11.4 Å². The van der Waals surface area contributed by atoms with Crippen LogP contribution in [0.3, 0.4) is 0 Å². The Bertz CT molecular complexity index is 1230. The number of nitrogens with one attached hydrogen (secondary N) is 2. The molecule has 42 heavy (non-hydrogen) atoms. The number of unbranched alkanes of at least 4 members (excludes halogenated alkanes) is 10. The monoisotopic (exact) mass is 576 g/mol. The highest BCUT2D eigenvalue weighted by atomic mass is 16.1. The fourth-order valence-corrected chi connectivity index (χ4v) is 5.15. The quantitative estimate of drug-likeness (QED) is 0.140. The van der Waals surface area contributed by atoms with Crippen molar-refractivity contribution in [3.63, 3.8) is 0 Å². The molecule has 1 aromatic carbocycles. The Morgan fingerprint density at radius 1 is 0.571 bits per heavy atom. The molecular formula is C34H52N6O2. The molecule has 0 aliphatic heterocycles. The third kappa shape index (κ3) is 11.1. The number of hydrogen-bond acceptors (Lipinski definition) is 6. The summed E-state index contributed by atoms with van der Waals surface area (Å²) >= 11 is 0. The standard InChI is InChI=1S/C34H52N6O2/c1-5-7-9-11-13-15-21-35-31-27(3)23-39(33(41)37-31)25-29-17-19-30(20-18-29)26-40-24-28(4)32(38-34(40)42)36-22-16-14-12-10-8-6-2/h17-20,23-24H,5-16,21-22,25-26H2,1-4H3,(H,35,37,41)(H,36,38,42). The number of rotatable bonds is 20. The smallest absolute Gasteiger partial charge is 0.349 e. The van der Waals surface area contributed by atoms with Gasteiger partial charge in [0.15, 0.2) is 0 Å². The number of aromatic nitrogens is 4. The van der Waals surface area contributed by atoms with Gasteiger partial charge in [-0.3, -0.25) is 9.13 Å². The van der Waals surface area contributed by atoms with Gasteiger partial charge in [-0.2, -0.15) is 9.97 Å². The first kappa shape index (κ1) is 33.1. The van der Waals surface area contributed by atoms with E-state index in [9.17, 15) is 9.59 Å². The summed E-state index contributed by atoms with van der Waals surface area (Å²) < 4.78 is 3.30. The highest BCUT2D eigenvalue weighted by Gasteiger charge is 2.08. The molecule has 0 spiro atoms. The van der Waals surface area contributed by atoms with Crippen LogP contribution in [0.1, 0.15) is 113 Å². The van der Waals surface area contributed by atoms with Gasteiger partial charge < -0.3 is 10.6 Å². The van der Waals surface area contributed by atoms with Gasteiger partial charge in [0, 0.05) is 36.6 Å². The first-order valence-electron chi connectivity index (χ1n) is 16.1. The molecule has 0 radical (unpaired) electrons. The zero-order chi connectivity index (χ0) is 30.2. The van der Waals surface area contributed by atoms with E-state index in [0.29, 0.717) is 24.7 Å². The van der Waals surface area contributed by atoms with E-state index in [1.54, 1.807) is 9.13 Å². The molecule has 8 nitrogen and oxygen atoms in total. The van der Waals surface area contributed by atoms with Crippen molar-refractivity contribution in [2.24, 2.45) is 0 Å². The summed E-state index contributed by atoms with van der Waals surface area (Å²) in [4.78, 5) is 34.0. The highest BCUT2D eigenvalue weighted by Crippen LogP contribution is 2.13. The molecule has 3 aromatic rings. The maximum atomic E-state index is 12.7. The minimum atomic E-state index is -0.256. The Hall–Kier alpha value is -3.42. The van der Waals surface area contributed by atoms with Crippen molar-refractivity contribution < 1.29 is 0 Å². The van der Waals surface area contributed by atoms with Crippen molar-refractivity contribution in [1.82, 2.24) is 19.1 Å². The Morgan fingerprint density at radius 3 is 1.31 bits per heavy atom. The summed E-state index contributed by atoms with van der Waals surface area (Å²) in [5.74, 6) is 1.36. The zero-order valence-electron chi connectivity index (χ0n) is 26.4. The van der Waals surface area contributed by atoms with Gasteiger partial charge in [-0.25, -0.2) is 9.59 Å². The van der Waals surface area contributed by atoms with Crippen molar-refractivity contribution in [2.75, 3.05) is 23.7 Å². The summed E-state index contributed by atoms with van der Waals surface area (Å²) in [7, 11) is 0. The fourth-order valence-electron chi connectivity index (χ4n) is 5.15. The van der Waals surface area contributed by atoms with Crippen LogP contribution in [0.25, 0.3) is 0 Å². The molecule has 0 aliphatic rings. The average Bonchev–Trinajstić information content (AvgIpc) is 2.97. The summed E-state index contributed by atoms with van der Waals surface area (Å²) in [6.07, 6.45) is 18.6. The van der Waals surface area contributed by atoms with Gasteiger partial charge in [0.25, 0.3) is 0 Å². The van der Waals surface area contributed by atoms with Crippen LogP contribution in [-0.2, 0) is 13.1 Å². The van der Waals surface area contributed by atoms with E-state index in [2.05, 4.69) is 34.4 Å². The molecule has 0 atom stereocenters. The minimum absolute atomic E-state index is 0.256. The molecule has 8 heteroatoms. The van der Waals surface area contributed by atoms with E-state index >= 15 is 0 Å². The third-order valence-corrected chi connectivity index (χ3v) is 7.73. The van der Waals surface area contributed by atoms with Crippen LogP contribution in [0, 0.1) is 13.8 Å². The lowest BCUT2D eigenvalue weighted by Crippen LogP contribution is -2.26. The lowest BCUT2D eigenvalue weighted by atomic mass is 10.1.